The van der Waals surface area contributed by atoms with Crippen molar-refractivity contribution in [2.75, 3.05) is 0 Å². The Balaban J connectivity index is 3.14. The van der Waals surface area contributed by atoms with Crippen LogP contribution in [0.2, 0.25) is 0 Å². The first kappa shape index (κ1) is 11.7. The van der Waals surface area contributed by atoms with Crippen LogP contribution in [0.5, 0.6) is 0 Å². The van der Waals surface area contributed by atoms with Crippen LogP contribution in [0.25, 0.3) is 6.08 Å². The number of hydrogen-bond donors (Lipinski definition) is 1. The summed E-state index contributed by atoms with van der Waals surface area (Å²) in [5.74, 6) is -0.937. The Labute approximate surface area is 104 Å². The fraction of sp³-hybridized carbons (Fsp3) is 0.100. The van der Waals surface area contributed by atoms with E-state index < -0.39 is 5.97 Å². The maximum absolute atomic E-state index is 10.3. The molecule has 0 saturated carbocycles. The van der Waals surface area contributed by atoms with Gasteiger partial charge in [-0.1, -0.05) is 0 Å². The lowest BCUT2D eigenvalue weighted by Gasteiger charge is -2.03. The van der Waals surface area contributed by atoms with Crippen LogP contribution in [0.4, 0.5) is 0 Å². The molecule has 0 aromatic heterocycles. The first-order chi connectivity index (χ1) is 6.50. The van der Waals surface area contributed by atoms with Crippen LogP contribution in [-0.4, -0.2) is 11.1 Å². The summed E-state index contributed by atoms with van der Waals surface area (Å²) in [7, 11) is 0. The van der Waals surface area contributed by atoms with Gasteiger partial charge in [0.25, 0.3) is 0 Å². The molecule has 0 saturated heterocycles. The Bertz CT molecular complexity index is 399. The maximum Gasteiger partial charge on any atom is 0.328 e. The third kappa shape index (κ3) is 3.09. The van der Waals surface area contributed by atoms with Crippen LogP contribution in [0.3, 0.4) is 0 Å². The summed E-state index contributed by atoms with van der Waals surface area (Å²) in [5, 5.41) is 8.50. The van der Waals surface area contributed by atoms with Crippen LogP contribution in [0.1, 0.15) is 11.1 Å². The predicted molar refractivity (Wildman–Crippen MR) is 68.3 cm³/mol. The molecule has 0 unspecified atom stereocenters. The van der Waals surface area contributed by atoms with Gasteiger partial charge in [-0.2, -0.15) is 0 Å². The van der Waals surface area contributed by atoms with Gasteiger partial charge in [-0.15, -0.1) is 0 Å². The number of carboxylic acid groups (broad SMARTS) is 1. The topological polar surface area (TPSA) is 37.3 Å². The highest BCUT2D eigenvalue weighted by Gasteiger charge is 2.02. The van der Waals surface area contributed by atoms with Gasteiger partial charge in [-0.05, 0) is 74.8 Å². The third-order valence-corrected chi connectivity index (χ3v) is 3.36. The molecule has 0 bridgehead atoms. The second kappa shape index (κ2) is 4.93. The molecule has 4 heteroatoms. The Morgan fingerprint density at radius 2 is 2.21 bits per heavy atom. The molecule has 0 aliphatic carbocycles. The summed E-state index contributed by atoms with van der Waals surface area (Å²) < 4.78 is 2.03. The van der Waals surface area contributed by atoms with Crippen molar-refractivity contribution in [3.63, 3.8) is 0 Å². The van der Waals surface area contributed by atoms with Crippen molar-refractivity contribution in [1.29, 1.82) is 0 Å². The third-order valence-electron chi connectivity index (χ3n) is 1.65. The van der Waals surface area contributed by atoms with Crippen molar-refractivity contribution in [3.05, 3.63) is 37.4 Å². The molecule has 14 heavy (non-hydrogen) atoms. The molecular weight excluding hydrogens is 359 g/mol. The molecular formula is C10H8BrIO2. The average Bonchev–Trinajstić information content (AvgIpc) is 2.08. The van der Waals surface area contributed by atoms with E-state index in [0.29, 0.717) is 0 Å². The van der Waals surface area contributed by atoms with E-state index >= 15 is 0 Å². The van der Waals surface area contributed by atoms with Crippen molar-refractivity contribution in [2.24, 2.45) is 0 Å². The van der Waals surface area contributed by atoms with Gasteiger partial charge in [0, 0.05) is 14.1 Å². The molecule has 0 aliphatic rings. The van der Waals surface area contributed by atoms with E-state index in [-0.39, 0.29) is 0 Å². The highest BCUT2D eigenvalue weighted by molar-refractivity contribution is 14.1. The molecule has 74 valence electrons. The molecule has 0 spiro atoms. The minimum Gasteiger partial charge on any atom is -0.478 e. The SMILES string of the molecule is Cc1cc(I)cc(/C=C/C(=O)O)c1Br. The minimum atomic E-state index is -0.937. The van der Waals surface area contributed by atoms with E-state index in [1.807, 2.05) is 19.1 Å². The first-order valence-corrected chi connectivity index (χ1v) is 5.74. The van der Waals surface area contributed by atoms with Crippen LogP contribution in [0.15, 0.2) is 22.7 Å². The number of halogens is 2. The monoisotopic (exact) mass is 366 g/mol. The van der Waals surface area contributed by atoms with Crippen LogP contribution in [0, 0.1) is 10.5 Å². The first-order valence-electron chi connectivity index (χ1n) is 3.87. The summed E-state index contributed by atoms with van der Waals surface area (Å²) in [5.41, 5.74) is 1.98. The number of carbonyl (C=O) groups is 1. The number of benzene rings is 1. The number of carboxylic acids is 1. The summed E-state index contributed by atoms with van der Waals surface area (Å²) in [4.78, 5) is 10.3. The Morgan fingerprint density at radius 1 is 1.57 bits per heavy atom. The summed E-state index contributed by atoms with van der Waals surface area (Å²) in [6.45, 7) is 1.98. The van der Waals surface area contributed by atoms with Crippen molar-refractivity contribution in [2.45, 2.75) is 6.92 Å². The summed E-state index contributed by atoms with van der Waals surface area (Å²) >= 11 is 5.62. The molecule has 1 rings (SSSR count). The van der Waals surface area contributed by atoms with Crippen LogP contribution >= 0.6 is 38.5 Å². The van der Waals surface area contributed by atoms with Gasteiger partial charge >= 0.3 is 5.97 Å². The van der Waals surface area contributed by atoms with Gasteiger partial charge in [0.15, 0.2) is 0 Å². The lowest BCUT2D eigenvalue weighted by molar-refractivity contribution is -0.131. The van der Waals surface area contributed by atoms with Gasteiger partial charge in [0.2, 0.25) is 0 Å². The molecule has 0 atom stereocenters. The van der Waals surface area contributed by atoms with Gasteiger partial charge in [0.05, 0.1) is 0 Å². The zero-order valence-corrected chi connectivity index (χ0v) is 11.2. The number of hydrogen-bond acceptors (Lipinski definition) is 1. The predicted octanol–water partition coefficient (Wildman–Crippen LogP) is 3.46. The molecule has 0 aliphatic heterocycles. The zero-order chi connectivity index (χ0) is 10.7. The fourth-order valence-electron chi connectivity index (χ4n) is 1.03. The smallest absolute Gasteiger partial charge is 0.328 e. The van der Waals surface area contributed by atoms with Crippen LogP contribution < -0.4 is 0 Å². The maximum atomic E-state index is 10.3. The number of rotatable bonds is 2. The number of aryl methyl sites for hydroxylation is 1. The minimum absolute atomic E-state index is 0.886. The second-order valence-electron chi connectivity index (χ2n) is 2.80. The van der Waals surface area contributed by atoms with E-state index in [9.17, 15) is 4.79 Å². The lowest BCUT2D eigenvalue weighted by Crippen LogP contribution is -1.88. The zero-order valence-electron chi connectivity index (χ0n) is 7.42. The van der Waals surface area contributed by atoms with Crippen molar-refractivity contribution < 1.29 is 9.90 Å². The molecule has 0 radical (unpaired) electrons. The van der Waals surface area contributed by atoms with Crippen molar-refractivity contribution >= 4 is 50.6 Å². The highest BCUT2D eigenvalue weighted by atomic mass is 127. The lowest BCUT2D eigenvalue weighted by atomic mass is 10.1. The summed E-state index contributed by atoms with van der Waals surface area (Å²) in [6, 6.07) is 3.96. The van der Waals surface area contributed by atoms with E-state index in [0.717, 1.165) is 25.2 Å². The fourth-order valence-corrected chi connectivity index (χ4v) is 2.20. The molecule has 0 heterocycles. The summed E-state index contributed by atoms with van der Waals surface area (Å²) in [6.07, 6.45) is 2.72. The molecule has 2 nitrogen and oxygen atoms in total. The van der Waals surface area contributed by atoms with E-state index in [2.05, 4.69) is 38.5 Å². The Morgan fingerprint density at radius 3 is 2.79 bits per heavy atom. The van der Waals surface area contributed by atoms with Gasteiger partial charge < -0.3 is 5.11 Å². The standard InChI is InChI=1S/C10H8BrIO2/c1-6-4-8(12)5-7(10(6)11)2-3-9(13)14/h2-5H,1H3,(H,13,14)/b3-2+. The Kier molecular flexibility index (Phi) is 4.12. The highest BCUT2D eigenvalue weighted by Crippen LogP contribution is 2.25. The van der Waals surface area contributed by atoms with Gasteiger partial charge in [0.1, 0.15) is 0 Å². The van der Waals surface area contributed by atoms with Crippen LogP contribution in [-0.2, 0) is 4.79 Å². The van der Waals surface area contributed by atoms with E-state index in [1.165, 1.54) is 0 Å². The molecule has 0 fully saturated rings. The van der Waals surface area contributed by atoms with Gasteiger partial charge in [-0.3, -0.25) is 0 Å². The van der Waals surface area contributed by atoms with Gasteiger partial charge in [-0.25, -0.2) is 4.79 Å². The molecule has 0 amide bonds. The largest absolute Gasteiger partial charge is 0.478 e. The normalized spacial score (nSPS) is 10.8. The second-order valence-corrected chi connectivity index (χ2v) is 4.84. The van der Waals surface area contributed by atoms with E-state index in [4.69, 9.17) is 5.11 Å². The van der Waals surface area contributed by atoms with Crippen molar-refractivity contribution in [3.8, 4) is 0 Å². The van der Waals surface area contributed by atoms with Crippen molar-refractivity contribution in [1.82, 2.24) is 0 Å². The molecule has 1 aromatic rings. The molecule has 1 N–H and O–H groups in total. The number of aliphatic carboxylic acids is 1. The molecule has 1 aromatic carbocycles. The Hall–Kier alpha value is -0.360. The van der Waals surface area contributed by atoms with E-state index in [1.54, 1.807) is 6.08 Å². The average molecular weight is 367 g/mol. The quantitative estimate of drug-likeness (QED) is 0.642.